The minimum atomic E-state index is -3.42. The molecule has 2 aliphatic heterocycles. The van der Waals surface area contributed by atoms with Crippen LogP contribution in [0.2, 0.25) is 10.0 Å². The van der Waals surface area contributed by atoms with Gasteiger partial charge in [0, 0.05) is 16.2 Å². The van der Waals surface area contributed by atoms with Crippen LogP contribution in [0.4, 0.5) is 0 Å². The minimum absolute atomic E-state index is 0.0127. The summed E-state index contributed by atoms with van der Waals surface area (Å²) in [5.74, 6) is -0.865. The summed E-state index contributed by atoms with van der Waals surface area (Å²) in [7, 11) is -1.92. The van der Waals surface area contributed by atoms with Crippen molar-refractivity contribution in [3.8, 4) is 23.1 Å². The zero-order chi connectivity index (χ0) is 27.9. The lowest BCUT2D eigenvalue weighted by molar-refractivity contribution is -0.142. The van der Waals surface area contributed by atoms with Gasteiger partial charge in [0.15, 0.2) is 9.84 Å². The molecular weight excluding hydrogens is 563 g/mol. The van der Waals surface area contributed by atoms with Crippen LogP contribution in [0.25, 0.3) is 23.0 Å². The van der Waals surface area contributed by atoms with Crippen molar-refractivity contribution in [1.82, 2.24) is 4.90 Å². The summed E-state index contributed by atoms with van der Waals surface area (Å²) in [5.41, 5.74) is 0.828. The van der Waals surface area contributed by atoms with Crippen molar-refractivity contribution in [2.75, 3.05) is 18.6 Å². The Morgan fingerprint density at radius 2 is 1.82 bits per heavy atom. The Kier molecular flexibility index (Phi) is 7.12. The number of halogens is 2. The van der Waals surface area contributed by atoms with Gasteiger partial charge in [-0.2, -0.15) is 5.26 Å². The van der Waals surface area contributed by atoms with Gasteiger partial charge in [-0.1, -0.05) is 35.3 Å². The number of hydrogen-bond donors (Lipinski definition) is 0. The molecular formula is C28H20Cl2N2O6S. The monoisotopic (exact) mass is 582 g/mol. The Hall–Kier alpha value is -3.84. The number of carbonyl (C=O) groups excluding carboxylic acids is 2. The minimum Gasteiger partial charge on any atom is -0.497 e. The number of methoxy groups -OCH3 is 1. The maximum Gasteiger partial charge on any atom is 0.272 e. The number of imide groups is 1. The fourth-order valence-electron chi connectivity index (χ4n) is 4.70. The molecule has 1 saturated heterocycles. The second kappa shape index (κ2) is 10.4. The highest BCUT2D eigenvalue weighted by molar-refractivity contribution is 7.91. The molecule has 0 bridgehead atoms. The standard InChI is InChI=1S/C28H20Cl2N2O6S/c1-37-19-5-2-16(3-6-19)26-22(13-20-7-9-25(38-20)21-12-17(29)4-8-24(21)30)27(33)32(28(34)23(26)14-31)18-10-11-39(35,36)15-18/h2-9,12-13,18H,10-11,15H2,1H3/b22-13-. The Bertz CT molecular complexity index is 1710. The third kappa shape index (κ3) is 5.11. The number of benzene rings is 2. The van der Waals surface area contributed by atoms with E-state index in [0.717, 1.165) is 4.90 Å². The molecule has 2 amide bonds. The van der Waals surface area contributed by atoms with Crippen LogP contribution in [-0.2, 0) is 19.4 Å². The quantitative estimate of drug-likeness (QED) is 0.300. The lowest BCUT2D eigenvalue weighted by Gasteiger charge is -2.32. The molecule has 1 fully saturated rings. The fraction of sp³-hybridized carbons (Fsp3) is 0.179. The van der Waals surface area contributed by atoms with Gasteiger partial charge >= 0.3 is 0 Å². The highest BCUT2D eigenvalue weighted by Gasteiger charge is 2.45. The molecule has 2 aromatic carbocycles. The van der Waals surface area contributed by atoms with Gasteiger partial charge in [-0.05, 0) is 60.5 Å². The maximum atomic E-state index is 13.9. The first kappa shape index (κ1) is 26.8. The van der Waals surface area contributed by atoms with Crippen LogP contribution in [-0.4, -0.2) is 49.8 Å². The smallest absolute Gasteiger partial charge is 0.272 e. The van der Waals surface area contributed by atoms with Gasteiger partial charge in [-0.15, -0.1) is 0 Å². The summed E-state index contributed by atoms with van der Waals surface area (Å²) >= 11 is 12.4. The Labute approximate surface area is 234 Å². The molecule has 0 aliphatic carbocycles. The molecule has 1 aromatic heterocycles. The number of sulfone groups is 1. The molecule has 1 unspecified atom stereocenters. The Morgan fingerprint density at radius 3 is 2.46 bits per heavy atom. The van der Waals surface area contributed by atoms with E-state index in [0.29, 0.717) is 32.7 Å². The van der Waals surface area contributed by atoms with Gasteiger partial charge in [0.25, 0.3) is 11.8 Å². The molecule has 0 spiro atoms. The lowest BCUT2D eigenvalue weighted by atomic mass is 9.87. The molecule has 0 N–H and O–H groups in total. The van der Waals surface area contributed by atoms with Crippen LogP contribution in [0.1, 0.15) is 17.7 Å². The maximum absolute atomic E-state index is 13.9. The van der Waals surface area contributed by atoms with Crippen LogP contribution in [0, 0.1) is 11.3 Å². The summed E-state index contributed by atoms with van der Waals surface area (Å²) in [6.45, 7) is 0. The highest BCUT2D eigenvalue weighted by atomic mass is 35.5. The van der Waals surface area contributed by atoms with Gasteiger partial charge < -0.3 is 9.15 Å². The average Bonchev–Trinajstić information content (AvgIpc) is 3.53. The van der Waals surface area contributed by atoms with E-state index in [9.17, 15) is 23.3 Å². The van der Waals surface area contributed by atoms with E-state index in [1.54, 1.807) is 54.6 Å². The average molecular weight is 583 g/mol. The molecule has 0 saturated carbocycles. The molecule has 3 aromatic rings. The number of carbonyl (C=O) groups is 2. The molecule has 198 valence electrons. The number of ether oxygens (including phenoxy) is 1. The number of nitriles is 1. The van der Waals surface area contributed by atoms with E-state index in [1.807, 2.05) is 6.07 Å². The van der Waals surface area contributed by atoms with Crippen molar-refractivity contribution in [2.45, 2.75) is 12.5 Å². The summed E-state index contributed by atoms with van der Waals surface area (Å²) < 4.78 is 35.5. The number of nitrogens with zero attached hydrogens (tertiary/aromatic N) is 2. The van der Waals surface area contributed by atoms with Gasteiger partial charge in [-0.25, -0.2) is 8.42 Å². The Morgan fingerprint density at radius 1 is 1.08 bits per heavy atom. The molecule has 8 nitrogen and oxygen atoms in total. The second-order valence-electron chi connectivity index (χ2n) is 9.01. The molecule has 1 atom stereocenters. The van der Waals surface area contributed by atoms with Crippen LogP contribution < -0.4 is 4.74 Å². The number of amides is 2. The van der Waals surface area contributed by atoms with Gasteiger partial charge in [0.2, 0.25) is 0 Å². The lowest BCUT2D eigenvalue weighted by Crippen LogP contribution is -2.49. The predicted molar refractivity (Wildman–Crippen MR) is 147 cm³/mol. The van der Waals surface area contributed by atoms with E-state index in [2.05, 4.69) is 0 Å². The van der Waals surface area contributed by atoms with E-state index in [1.165, 1.54) is 13.2 Å². The third-order valence-electron chi connectivity index (χ3n) is 6.57. The van der Waals surface area contributed by atoms with Gasteiger partial charge in [0.1, 0.15) is 28.9 Å². The summed E-state index contributed by atoms with van der Waals surface area (Å²) in [6.07, 6.45) is 1.53. The van der Waals surface area contributed by atoms with Crippen LogP contribution >= 0.6 is 23.2 Å². The topological polar surface area (TPSA) is 118 Å². The van der Waals surface area contributed by atoms with Crippen molar-refractivity contribution < 1.29 is 27.2 Å². The largest absolute Gasteiger partial charge is 0.497 e. The first-order chi connectivity index (χ1) is 18.6. The van der Waals surface area contributed by atoms with E-state index in [4.69, 9.17) is 32.4 Å². The van der Waals surface area contributed by atoms with E-state index >= 15 is 0 Å². The summed E-state index contributed by atoms with van der Waals surface area (Å²) in [5, 5.41) is 10.9. The van der Waals surface area contributed by atoms with E-state index in [-0.39, 0.29) is 40.4 Å². The molecule has 39 heavy (non-hydrogen) atoms. The third-order valence-corrected chi connectivity index (χ3v) is 8.89. The summed E-state index contributed by atoms with van der Waals surface area (Å²) in [4.78, 5) is 28.2. The first-order valence-electron chi connectivity index (χ1n) is 11.8. The molecule has 2 aliphatic rings. The molecule has 0 radical (unpaired) electrons. The Balaban J connectivity index is 1.67. The van der Waals surface area contributed by atoms with Crippen molar-refractivity contribution in [2.24, 2.45) is 0 Å². The fourth-order valence-corrected chi connectivity index (χ4v) is 6.78. The van der Waals surface area contributed by atoms with Gasteiger partial charge in [0.05, 0.1) is 35.3 Å². The van der Waals surface area contributed by atoms with Crippen molar-refractivity contribution >= 4 is 56.5 Å². The number of furan rings is 1. The SMILES string of the molecule is COc1ccc(C2=C(C#N)C(=O)N(C3CCS(=O)(=O)C3)C(=O)/C2=C\c2ccc(-c3cc(Cl)ccc3Cl)o2)cc1. The van der Waals surface area contributed by atoms with Crippen LogP contribution in [0.3, 0.4) is 0 Å². The molecule has 5 rings (SSSR count). The highest BCUT2D eigenvalue weighted by Crippen LogP contribution is 2.38. The number of rotatable bonds is 5. The second-order valence-corrected chi connectivity index (χ2v) is 12.1. The van der Waals surface area contributed by atoms with Crippen LogP contribution in [0.5, 0.6) is 5.75 Å². The van der Waals surface area contributed by atoms with Crippen molar-refractivity contribution in [3.63, 3.8) is 0 Å². The zero-order valence-electron chi connectivity index (χ0n) is 20.5. The first-order valence-corrected chi connectivity index (χ1v) is 14.3. The molecule has 11 heteroatoms. The molecule has 3 heterocycles. The predicted octanol–water partition coefficient (Wildman–Crippen LogP) is 5.18. The number of hydrogen-bond acceptors (Lipinski definition) is 7. The van der Waals surface area contributed by atoms with Crippen LogP contribution in [0.15, 0.2) is 70.2 Å². The van der Waals surface area contributed by atoms with Crippen molar-refractivity contribution in [1.29, 1.82) is 5.26 Å². The normalized spacial score (nSPS) is 20.0. The van der Waals surface area contributed by atoms with Gasteiger partial charge in [-0.3, -0.25) is 14.5 Å². The van der Waals surface area contributed by atoms with E-state index < -0.39 is 27.7 Å². The zero-order valence-corrected chi connectivity index (χ0v) is 22.8. The summed E-state index contributed by atoms with van der Waals surface area (Å²) in [6, 6.07) is 15.8. The van der Waals surface area contributed by atoms with Crippen molar-refractivity contribution in [3.05, 3.63) is 87.1 Å².